The minimum absolute atomic E-state index is 0.0181. The van der Waals surface area contributed by atoms with Crippen molar-refractivity contribution in [1.82, 2.24) is 15.0 Å². The first-order chi connectivity index (χ1) is 20.9. The standard InChI is InChI=1S/C34H40BrCl2N5O2Si/c1-33(2,3)24-14-12-22(13-15-24)20-42(26-11-9-10-23(18-26)21-44-45(7,8)34(4,5)6)29(43)27-19-25(35)16-17-28(27)38-32-40-30(36)39-31(37)41-32/h9-19H,20-21H2,1-8H3,(H,38,39,40,41). The zero-order valence-corrected chi connectivity index (χ0v) is 31.1. The van der Waals surface area contributed by atoms with Crippen LogP contribution in [0.4, 0.5) is 17.3 Å². The van der Waals surface area contributed by atoms with Crippen molar-refractivity contribution in [2.45, 2.75) is 78.2 Å². The average molecular weight is 730 g/mol. The molecule has 45 heavy (non-hydrogen) atoms. The molecule has 4 aromatic rings. The number of nitrogens with one attached hydrogen (secondary N) is 1. The number of anilines is 3. The number of hydrogen-bond donors (Lipinski definition) is 1. The van der Waals surface area contributed by atoms with Gasteiger partial charge in [0.25, 0.3) is 5.91 Å². The fourth-order valence-corrected chi connectivity index (χ4v) is 6.00. The molecule has 4 rings (SSSR count). The number of amides is 1. The molecule has 0 saturated carbocycles. The topological polar surface area (TPSA) is 80.2 Å². The molecule has 0 aliphatic carbocycles. The van der Waals surface area contributed by atoms with Gasteiger partial charge in [0.15, 0.2) is 8.32 Å². The third-order valence-corrected chi connectivity index (χ3v) is 13.4. The fraction of sp³-hybridized carbons (Fsp3) is 0.353. The Morgan fingerprint density at radius 1 is 0.889 bits per heavy atom. The summed E-state index contributed by atoms with van der Waals surface area (Å²) < 4.78 is 7.27. The zero-order chi connectivity index (χ0) is 33.2. The molecule has 0 aliphatic heterocycles. The van der Waals surface area contributed by atoms with Gasteiger partial charge in [-0.3, -0.25) is 4.79 Å². The van der Waals surface area contributed by atoms with E-state index in [2.05, 4.69) is 115 Å². The summed E-state index contributed by atoms with van der Waals surface area (Å²) in [5.41, 5.74) is 4.90. The summed E-state index contributed by atoms with van der Waals surface area (Å²) in [5.74, 6) is -0.0853. The predicted octanol–water partition coefficient (Wildman–Crippen LogP) is 10.4. The number of halogens is 3. The SMILES string of the molecule is CC(C)(C)c1ccc(CN(C(=O)c2cc(Br)ccc2Nc2nc(Cl)nc(Cl)n2)c2cccc(CO[Si](C)(C)C(C)(C)C)c2)cc1. The molecular weight excluding hydrogens is 689 g/mol. The van der Waals surface area contributed by atoms with Crippen LogP contribution in [0.2, 0.25) is 28.7 Å². The van der Waals surface area contributed by atoms with Crippen molar-refractivity contribution in [2.75, 3.05) is 10.2 Å². The molecule has 0 spiro atoms. The molecule has 1 amide bonds. The first-order valence-corrected chi connectivity index (χ1v) is 19.2. The van der Waals surface area contributed by atoms with Crippen LogP contribution in [0.15, 0.2) is 71.2 Å². The van der Waals surface area contributed by atoms with Gasteiger partial charge in [-0.25, -0.2) is 0 Å². The summed E-state index contributed by atoms with van der Waals surface area (Å²) in [6.45, 7) is 18.5. The van der Waals surface area contributed by atoms with E-state index in [1.807, 2.05) is 30.3 Å². The molecule has 7 nitrogen and oxygen atoms in total. The maximum absolute atomic E-state index is 14.6. The molecule has 1 aromatic heterocycles. The van der Waals surface area contributed by atoms with E-state index in [0.717, 1.165) is 21.3 Å². The van der Waals surface area contributed by atoms with Crippen LogP contribution < -0.4 is 10.2 Å². The Bertz CT molecular complexity index is 1650. The van der Waals surface area contributed by atoms with E-state index in [1.165, 1.54) is 5.56 Å². The van der Waals surface area contributed by atoms with Gasteiger partial charge < -0.3 is 14.6 Å². The summed E-state index contributed by atoms with van der Waals surface area (Å²) in [5, 5.41) is 3.08. The minimum Gasteiger partial charge on any atom is -0.413 e. The largest absolute Gasteiger partial charge is 0.413 e. The van der Waals surface area contributed by atoms with E-state index in [4.69, 9.17) is 27.6 Å². The van der Waals surface area contributed by atoms with Crippen molar-refractivity contribution in [3.8, 4) is 0 Å². The van der Waals surface area contributed by atoms with Gasteiger partial charge in [-0.15, -0.1) is 0 Å². The number of aromatic nitrogens is 3. The van der Waals surface area contributed by atoms with Gasteiger partial charge in [0.1, 0.15) is 0 Å². The Labute approximate surface area is 286 Å². The third kappa shape index (κ3) is 9.13. The minimum atomic E-state index is -1.98. The summed E-state index contributed by atoms with van der Waals surface area (Å²) in [4.78, 5) is 28.4. The van der Waals surface area contributed by atoms with Crippen molar-refractivity contribution < 1.29 is 9.22 Å². The molecule has 0 atom stereocenters. The molecule has 3 aromatic carbocycles. The van der Waals surface area contributed by atoms with E-state index >= 15 is 0 Å². The van der Waals surface area contributed by atoms with Gasteiger partial charge >= 0.3 is 0 Å². The summed E-state index contributed by atoms with van der Waals surface area (Å²) in [6, 6.07) is 21.8. The number of carbonyl (C=O) groups excluding carboxylic acids is 1. The van der Waals surface area contributed by atoms with Crippen molar-refractivity contribution in [2.24, 2.45) is 0 Å². The van der Waals surface area contributed by atoms with E-state index in [1.54, 1.807) is 17.0 Å². The summed E-state index contributed by atoms with van der Waals surface area (Å²) in [7, 11) is -1.98. The van der Waals surface area contributed by atoms with E-state index in [9.17, 15) is 4.79 Å². The van der Waals surface area contributed by atoms with Crippen LogP contribution in [0, 0.1) is 0 Å². The highest BCUT2D eigenvalue weighted by atomic mass is 79.9. The van der Waals surface area contributed by atoms with Crippen LogP contribution in [-0.2, 0) is 23.0 Å². The Balaban J connectivity index is 1.74. The number of rotatable bonds is 9. The van der Waals surface area contributed by atoms with E-state index in [-0.39, 0.29) is 32.9 Å². The Morgan fingerprint density at radius 3 is 2.13 bits per heavy atom. The van der Waals surface area contributed by atoms with Crippen LogP contribution in [0.3, 0.4) is 0 Å². The Hall–Kier alpha value is -2.82. The lowest BCUT2D eigenvalue weighted by atomic mass is 9.87. The molecular formula is C34H40BrCl2N5O2Si. The third-order valence-electron chi connectivity index (χ3n) is 8.07. The van der Waals surface area contributed by atoms with Crippen LogP contribution in [0.25, 0.3) is 0 Å². The highest BCUT2D eigenvalue weighted by Gasteiger charge is 2.37. The van der Waals surface area contributed by atoms with Crippen molar-refractivity contribution in [1.29, 1.82) is 0 Å². The first kappa shape index (κ1) is 35.0. The van der Waals surface area contributed by atoms with Crippen LogP contribution >= 0.6 is 39.1 Å². The molecule has 0 fully saturated rings. The van der Waals surface area contributed by atoms with Crippen molar-refractivity contribution in [3.63, 3.8) is 0 Å². The molecule has 0 aliphatic rings. The smallest absolute Gasteiger partial charge is 0.260 e. The number of nitrogens with zero attached hydrogens (tertiary/aromatic N) is 4. The second kappa shape index (κ2) is 13.9. The fourth-order valence-electron chi connectivity index (χ4n) is 4.32. The maximum Gasteiger partial charge on any atom is 0.260 e. The quantitative estimate of drug-likeness (QED) is 0.173. The molecule has 0 bridgehead atoms. The Morgan fingerprint density at radius 2 is 1.53 bits per heavy atom. The second-order valence-corrected chi connectivity index (χ2v) is 20.0. The van der Waals surface area contributed by atoms with Crippen molar-refractivity contribution >= 4 is 70.7 Å². The molecule has 1 N–H and O–H groups in total. The lowest BCUT2D eigenvalue weighted by Gasteiger charge is -2.36. The number of carbonyl (C=O) groups is 1. The summed E-state index contributed by atoms with van der Waals surface area (Å²) in [6.07, 6.45) is 0. The predicted molar refractivity (Wildman–Crippen MR) is 191 cm³/mol. The molecule has 11 heteroatoms. The average Bonchev–Trinajstić information content (AvgIpc) is 2.94. The molecule has 0 radical (unpaired) electrons. The molecule has 238 valence electrons. The zero-order valence-electron chi connectivity index (χ0n) is 27.0. The van der Waals surface area contributed by atoms with Gasteiger partial charge in [0.2, 0.25) is 16.5 Å². The summed E-state index contributed by atoms with van der Waals surface area (Å²) >= 11 is 15.6. The number of hydrogen-bond acceptors (Lipinski definition) is 6. The van der Waals surface area contributed by atoms with Gasteiger partial charge in [0.05, 0.1) is 24.4 Å². The van der Waals surface area contributed by atoms with Crippen molar-refractivity contribution in [3.05, 3.63) is 104 Å². The highest BCUT2D eigenvalue weighted by Crippen LogP contribution is 2.37. The second-order valence-electron chi connectivity index (χ2n) is 13.6. The number of benzene rings is 3. The maximum atomic E-state index is 14.6. The van der Waals surface area contributed by atoms with Crippen LogP contribution in [0.1, 0.15) is 68.6 Å². The lowest BCUT2D eigenvalue weighted by Crippen LogP contribution is -2.40. The van der Waals surface area contributed by atoms with E-state index < -0.39 is 8.32 Å². The first-order valence-electron chi connectivity index (χ1n) is 14.7. The van der Waals surface area contributed by atoms with Crippen LogP contribution in [0.5, 0.6) is 0 Å². The lowest BCUT2D eigenvalue weighted by molar-refractivity contribution is 0.0986. The van der Waals surface area contributed by atoms with Gasteiger partial charge in [0, 0.05) is 10.2 Å². The monoisotopic (exact) mass is 727 g/mol. The van der Waals surface area contributed by atoms with Crippen LogP contribution in [-0.4, -0.2) is 29.2 Å². The van der Waals surface area contributed by atoms with Gasteiger partial charge in [-0.05, 0) is 93.8 Å². The molecule has 0 unspecified atom stereocenters. The Kier molecular flexibility index (Phi) is 10.8. The molecule has 0 saturated heterocycles. The normalized spacial score (nSPS) is 12.2. The van der Waals surface area contributed by atoms with E-state index in [0.29, 0.717) is 24.4 Å². The van der Waals surface area contributed by atoms with Gasteiger partial charge in [-0.1, -0.05) is 93.9 Å². The molecule has 1 heterocycles. The highest BCUT2D eigenvalue weighted by molar-refractivity contribution is 9.10. The van der Waals surface area contributed by atoms with Gasteiger partial charge in [-0.2, -0.15) is 15.0 Å².